The molecule has 0 bridgehead atoms. The summed E-state index contributed by atoms with van der Waals surface area (Å²) in [5, 5.41) is 13.0. The maximum absolute atomic E-state index is 5.40. The molecule has 3 heterocycles. The Morgan fingerprint density at radius 2 is 2.40 bits per heavy atom. The van der Waals surface area contributed by atoms with Crippen LogP contribution in [0.4, 0.5) is 0 Å². The van der Waals surface area contributed by atoms with Gasteiger partial charge in [0.05, 0.1) is 12.3 Å². The predicted molar refractivity (Wildman–Crippen MR) is 78.7 cm³/mol. The van der Waals surface area contributed by atoms with E-state index in [1.165, 1.54) is 11.3 Å². The van der Waals surface area contributed by atoms with Gasteiger partial charge in [0.1, 0.15) is 5.69 Å². The second-order valence-electron chi connectivity index (χ2n) is 5.19. The quantitative estimate of drug-likeness (QED) is 0.846. The van der Waals surface area contributed by atoms with Crippen molar-refractivity contribution in [3.8, 4) is 0 Å². The molecule has 0 unspecified atom stereocenters. The van der Waals surface area contributed by atoms with E-state index < -0.39 is 0 Å². The summed E-state index contributed by atoms with van der Waals surface area (Å²) in [6.07, 6.45) is 0. The summed E-state index contributed by atoms with van der Waals surface area (Å²) < 4.78 is 7.41. The van der Waals surface area contributed by atoms with Crippen molar-refractivity contribution in [1.29, 1.82) is 0 Å². The second-order valence-corrected chi connectivity index (χ2v) is 5.97. The molecule has 3 rings (SSSR count). The van der Waals surface area contributed by atoms with Gasteiger partial charge in [0.2, 0.25) is 0 Å². The first-order valence-corrected chi connectivity index (χ1v) is 7.90. The molecule has 0 aliphatic carbocycles. The van der Waals surface area contributed by atoms with Gasteiger partial charge in [-0.1, -0.05) is 5.21 Å². The summed E-state index contributed by atoms with van der Waals surface area (Å²) in [4.78, 5) is 2.43. The fourth-order valence-electron chi connectivity index (χ4n) is 2.92. The Bertz CT molecular complexity index is 552. The SMILES string of the molecule is CCn1nnc2c1[C@@H](COC)CN(Cc1ccsc1)C2. The number of fused-ring (bicyclic) bond motifs is 1. The molecule has 0 N–H and O–H groups in total. The topological polar surface area (TPSA) is 43.2 Å². The molecule has 0 aromatic carbocycles. The van der Waals surface area contributed by atoms with E-state index >= 15 is 0 Å². The van der Waals surface area contributed by atoms with Crippen molar-refractivity contribution in [3.63, 3.8) is 0 Å². The van der Waals surface area contributed by atoms with E-state index in [4.69, 9.17) is 4.74 Å². The number of hydrogen-bond donors (Lipinski definition) is 0. The summed E-state index contributed by atoms with van der Waals surface area (Å²) in [5.41, 5.74) is 3.74. The van der Waals surface area contributed by atoms with Gasteiger partial charge in [-0.05, 0) is 29.3 Å². The Morgan fingerprint density at radius 1 is 1.50 bits per heavy atom. The highest BCUT2D eigenvalue weighted by molar-refractivity contribution is 7.07. The van der Waals surface area contributed by atoms with Crippen molar-refractivity contribution in [3.05, 3.63) is 33.8 Å². The van der Waals surface area contributed by atoms with Crippen LogP contribution in [-0.2, 0) is 24.4 Å². The molecular weight excluding hydrogens is 272 g/mol. The highest BCUT2D eigenvalue weighted by atomic mass is 32.1. The molecule has 0 saturated heterocycles. The number of nitrogens with zero attached hydrogens (tertiary/aromatic N) is 4. The van der Waals surface area contributed by atoms with Gasteiger partial charge in [0.25, 0.3) is 0 Å². The van der Waals surface area contributed by atoms with E-state index in [0.717, 1.165) is 38.5 Å². The van der Waals surface area contributed by atoms with Gasteiger partial charge in [-0.15, -0.1) is 5.10 Å². The molecule has 0 radical (unpaired) electrons. The highest BCUT2D eigenvalue weighted by Crippen LogP contribution is 2.28. The number of thiophene rings is 1. The van der Waals surface area contributed by atoms with Crippen molar-refractivity contribution in [1.82, 2.24) is 19.9 Å². The van der Waals surface area contributed by atoms with Gasteiger partial charge >= 0.3 is 0 Å². The molecule has 108 valence electrons. The minimum Gasteiger partial charge on any atom is -0.384 e. The smallest absolute Gasteiger partial charge is 0.100 e. The molecule has 0 saturated carbocycles. The molecule has 1 aliphatic rings. The largest absolute Gasteiger partial charge is 0.384 e. The minimum atomic E-state index is 0.359. The molecule has 0 fully saturated rings. The Balaban J connectivity index is 1.81. The van der Waals surface area contributed by atoms with Crippen LogP contribution in [0.25, 0.3) is 0 Å². The third-order valence-electron chi connectivity index (χ3n) is 3.74. The molecule has 1 atom stereocenters. The third kappa shape index (κ3) is 2.63. The lowest BCUT2D eigenvalue weighted by Gasteiger charge is -2.31. The van der Waals surface area contributed by atoms with Crippen LogP contribution in [0.15, 0.2) is 16.8 Å². The van der Waals surface area contributed by atoms with Crippen LogP contribution < -0.4 is 0 Å². The van der Waals surface area contributed by atoms with E-state index in [2.05, 4.69) is 39.0 Å². The lowest BCUT2D eigenvalue weighted by Crippen LogP contribution is -2.35. The number of aryl methyl sites for hydroxylation is 1. The molecule has 2 aromatic rings. The van der Waals surface area contributed by atoms with Crippen LogP contribution >= 0.6 is 11.3 Å². The van der Waals surface area contributed by atoms with Crippen molar-refractivity contribution < 1.29 is 4.74 Å². The van der Waals surface area contributed by atoms with Gasteiger partial charge in [0, 0.05) is 39.2 Å². The monoisotopic (exact) mass is 292 g/mol. The Kier molecular flexibility index (Phi) is 4.14. The van der Waals surface area contributed by atoms with Crippen LogP contribution in [-0.4, -0.2) is 40.2 Å². The molecular formula is C14H20N4OS. The molecule has 0 amide bonds. The zero-order valence-corrected chi connectivity index (χ0v) is 12.8. The van der Waals surface area contributed by atoms with E-state index in [0.29, 0.717) is 5.92 Å². The number of ether oxygens (including phenoxy) is 1. The summed E-state index contributed by atoms with van der Waals surface area (Å²) in [6.45, 7) is 6.56. The number of hydrogen-bond acceptors (Lipinski definition) is 5. The molecule has 5 nitrogen and oxygen atoms in total. The number of rotatable bonds is 5. The Hall–Kier alpha value is -1.24. The molecule has 6 heteroatoms. The van der Waals surface area contributed by atoms with Gasteiger partial charge in [-0.2, -0.15) is 11.3 Å². The van der Waals surface area contributed by atoms with Gasteiger partial charge in [-0.3, -0.25) is 4.90 Å². The first-order valence-electron chi connectivity index (χ1n) is 6.96. The zero-order valence-electron chi connectivity index (χ0n) is 12.0. The first kappa shape index (κ1) is 13.7. The number of methoxy groups -OCH3 is 1. The molecule has 2 aromatic heterocycles. The van der Waals surface area contributed by atoms with Crippen LogP contribution in [0, 0.1) is 0 Å². The Morgan fingerprint density at radius 3 is 3.10 bits per heavy atom. The van der Waals surface area contributed by atoms with Crippen molar-refractivity contribution >= 4 is 11.3 Å². The minimum absolute atomic E-state index is 0.359. The summed E-state index contributed by atoms with van der Waals surface area (Å²) >= 11 is 1.75. The lowest BCUT2D eigenvalue weighted by molar-refractivity contribution is 0.131. The molecule has 0 spiro atoms. The fourth-order valence-corrected chi connectivity index (χ4v) is 3.58. The number of aromatic nitrogens is 3. The van der Waals surface area contributed by atoms with Crippen molar-refractivity contribution in [2.45, 2.75) is 32.5 Å². The average molecular weight is 292 g/mol. The molecule has 1 aliphatic heterocycles. The van der Waals surface area contributed by atoms with Crippen LogP contribution in [0.2, 0.25) is 0 Å². The third-order valence-corrected chi connectivity index (χ3v) is 4.47. The van der Waals surface area contributed by atoms with Crippen LogP contribution in [0.1, 0.15) is 29.8 Å². The van der Waals surface area contributed by atoms with Crippen molar-refractivity contribution in [2.75, 3.05) is 20.3 Å². The second kappa shape index (κ2) is 6.03. The Labute approximate surface area is 123 Å². The van der Waals surface area contributed by atoms with Crippen LogP contribution in [0.5, 0.6) is 0 Å². The van der Waals surface area contributed by atoms with E-state index in [9.17, 15) is 0 Å². The van der Waals surface area contributed by atoms with E-state index in [1.807, 2.05) is 4.68 Å². The van der Waals surface area contributed by atoms with Crippen molar-refractivity contribution in [2.24, 2.45) is 0 Å². The zero-order chi connectivity index (χ0) is 13.9. The van der Waals surface area contributed by atoms with Gasteiger partial charge in [-0.25, -0.2) is 4.68 Å². The maximum Gasteiger partial charge on any atom is 0.100 e. The van der Waals surface area contributed by atoms with Gasteiger partial charge < -0.3 is 4.74 Å². The van der Waals surface area contributed by atoms with E-state index in [1.54, 1.807) is 18.4 Å². The average Bonchev–Trinajstić information content (AvgIpc) is 3.08. The summed E-state index contributed by atoms with van der Waals surface area (Å²) in [5.74, 6) is 0.359. The highest BCUT2D eigenvalue weighted by Gasteiger charge is 2.30. The summed E-state index contributed by atoms with van der Waals surface area (Å²) in [7, 11) is 1.76. The summed E-state index contributed by atoms with van der Waals surface area (Å²) in [6, 6.07) is 2.19. The normalized spacial score (nSPS) is 19.2. The first-order chi connectivity index (χ1) is 9.81. The standard InChI is InChI=1S/C14H20N4OS/c1-3-18-14-12(9-19-2)7-17(8-13(14)15-16-18)6-11-4-5-20-10-11/h4-5,10,12H,3,6-9H2,1-2H3/t12-/m1/s1. The molecule has 20 heavy (non-hydrogen) atoms. The maximum atomic E-state index is 5.40. The van der Waals surface area contributed by atoms with E-state index in [-0.39, 0.29) is 0 Å². The lowest BCUT2D eigenvalue weighted by atomic mass is 9.98. The predicted octanol–water partition coefficient (Wildman–Crippen LogP) is 2.11. The fraction of sp³-hybridized carbons (Fsp3) is 0.571. The van der Waals surface area contributed by atoms with Gasteiger partial charge in [0.15, 0.2) is 0 Å². The van der Waals surface area contributed by atoms with Crippen LogP contribution in [0.3, 0.4) is 0 Å².